The topological polar surface area (TPSA) is 21.6 Å². The molecule has 0 spiro atoms. The van der Waals surface area contributed by atoms with Gasteiger partial charge in [-0.3, -0.25) is 0 Å². The minimum absolute atomic E-state index is 0.130. The zero-order valence-corrected chi connectivity index (χ0v) is 9.79. The summed E-state index contributed by atoms with van der Waals surface area (Å²) in [4.78, 5) is 5.44. The van der Waals surface area contributed by atoms with Gasteiger partial charge in [0.2, 0.25) is 0 Å². The lowest BCUT2D eigenvalue weighted by atomic mass is 9.93. The van der Waals surface area contributed by atoms with Crippen molar-refractivity contribution in [3.8, 4) is 0 Å². The molecular formula is C13H17NO. The van der Waals surface area contributed by atoms with Crippen molar-refractivity contribution >= 4 is 5.71 Å². The van der Waals surface area contributed by atoms with Gasteiger partial charge in [0.1, 0.15) is 0 Å². The van der Waals surface area contributed by atoms with E-state index < -0.39 is 0 Å². The first-order valence-electron chi connectivity index (χ1n) is 5.35. The van der Waals surface area contributed by atoms with Gasteiger partial charge in [0, 0.05) is 12.0 Å². The molecule has 1 atom stereocenters. The average Bonchev–Trinajstić information content (AvgIpc) is 2.49. The van der Waals surface area contributed by atoms with Crippen LogP contribution in [0.15, 0.2) is 17.3 Å². The predicted molar refractivity (Wildman–Crippen MR) is 62.2 cm³/mol. The smallest absolute Gasteiger partial charge is 0.158 e. The fourth-order valence-corrected chi connectivity index (χ4v) is 2.35. The Bertz CT molecular complexity index is 398. The number of hydrogen-bond donors (Lipinski definition) is 0. The van der Waals surface area contributed by atoms with Crippen LogP contribution in [0.2, 0.25) is 0 Å². The van der Waals surface area contributed by atoms with Crippen molar-refractivity contribution in [1.82, 2.24) is 0 Å². The van der Waals surface area contributed by atoms with E-state index in [1.807, 2.05) is 6.92 Å². The van der Waals surface area contributed by atoms with Gasteiger partial charge in [-0.15, -0.1) is 0 Å². The Kier molecular flexibility index (Phi) is 2.51. The van der Waals surface area contributed by atoms with Crippen molar-refractivity contribution in [2.24, 2.45) is 5.16 Å². The van der Waals surface area contributed by atoms with E-state index in [1.54, 1.807) is 0 Å². The van der Waals surface area contributed by atoms with Crippen LogP contribution in [0.4, 0.5) is 0 Å². The lowest BCUT2D eigenvalue weighted by Crippen LogP contribution is -2.03. The lowest BCUT2D eigenvalue weighted by molar-refractivity contribution is 0.0848. The van der Waals surface area contributed by atoms with Crippen molar-refractivity contribution in [3.05, 3.63) is 34.4 Å². The number of rotatable bonds is 1. The average molecular weight is 203 g/mol. The fourth-order valence-electron chi connectivity index (χ4n) is 2.35. The van der Waals surface area contributed by atoms with Gasteiger partial charge in [0.15, 0.2) is 6.10 Å². The standard InChI is InChI=1S/C13H17NO/c1-8-5-9(2)13(10(3)6-8)12-7-11(4)14-15-12/h5-6,12H,7H2,1-4H3. The highest BCUT2D eigenvalue weighted by molar-refractivity contribution is 5.83. The van der Waals surface area contributed by atoms with Crippen molar-refractivity contribution < 1.29 is 4.84 Å². The van der Waals surface area contributed by atoms with Gasteiger partial charge in [0.25, 0.3) is 0 Å². The molecule has 1 aliphatic heterocycles. The number of nitrogens with zero attached hydrogens (tertiary/aromatic N) is 1. The molecule has 2 rings (SSSR count). The van der Waals surface area contributed by atoms with Crippen LogP contribution in [0.25, 0.3) is 0 Å². The highest BCUT2D eigenvalue weighted by Gasteiger charge is 2.23. The molecule has 2 nitrogen and oxygen atoms in total. The van der Waals surface area contributed by atoms with E-state index in [4.69, 9.17) is 4.84 Å². The molecule has 1 unspecified atom stereocenters. The normalized spacial score (nSPS) is 20.0. The van der Waals surface area contributed by atoms with Gasteiger partial charge in [-0.25, -0.2) is 0 Å². The van der Waals surface area contributed by atoms with Gasteiger partial charge in [-0.1, -0.05) is 22.9 Å². The van der Waals surface area contributed by atoms with Crippen LogP contribution < -0.4 is 0 Å². The quantitative estimate of drug-likeness (QED) is 0.685. The highest BCUT2D eigenvalue weighted by atomic mass is 16.6. The van der Waals surface area contributed by atoms with E-state index in [-0.39, 0.29) is 6.10 Å². The second-order valence-electron chi connectivity index (χ2n) is 4.44. The van der Waals surface area contributed by atoms with E-state index in [2.05, 4.69) is 38.1 Å². The summed E-state index contributed by atoms with van der Waals surface area (Å²) in [7, 11) is 0. The third-order valence-corrected chi connectivity index (χ3v) is 2.88. The monoisotopic (exact) mass is 203 g/mol. The van der Waals surface area contributed by atoms with Crippen LogP contribution in [0.1, 0.15) is 41.7 Å². The molecule has 0 fully saturated rings. The van der Waals surface area contributed by atoms with Gasteiger partial charge in [-0.2, -0.15) is 0 Å². The molecule has 1 aromatic carbocycles. The van der Waals surface area contributed by atoms with Crippen molar-refractivity contribution in [3.63, 3.8) is 0 Å². The SMILES string of the molecule is CC1=NOC(c2c(C)cc(C)cc2C)C1. The molecule has 1 aromatic rings. The van der Waals surface area contributed by atoms with Crippen LogP contribution in [0.3, 0.4) is 0 Å². The Labute approximate surface area is 90.9 Å². The first kappa shape index (κ1) is 10.2. The number of oxime groups is 1. The zero-order chi connectivity index (χ0) is 11.0. The molecule has 0 amide bonds. The van der Waals surface area contributed by atoms with Crippen LogP contribution >= 0.6 is 0 Å². The molecule has 0 saturated heterocycles. The summed E-state index contributed by atoms with van der Waals surface area (Å²) in [5.74, 6) is 0. The number of aryl methyl sites for hydroxylation is 3. The summed E-state index contributed by atoms with van der Waals surface area (Å²) in [6.07, 6.45) is 1.05. The molecule has 2 heteroatoms. The van der Waals surface area contributed by atoms with E-state index in [1.165, 1.54) is 22.3 Å². The number of benzene rings is 1. The summed E-state index contributed by atoms with van der Waals surface area (Å²) < 4.78 is 0. The van der Waals surface area contributed by atoms with Gasteiger partial charge >= 0.3 is 0 Å². The molecule has 0 saturated carbocycles. The summed E-state index contributed by atoms with van der Waals surface area (Å²) in [5.41, 5.74) is 6.31. The first-order valence-corrected chi connectivity index (χ1v) is 5.35. The molecule has 0 aromatic heterocycles. The van der Waals surface area contributed by atoms with Gasteiger partial charge in [-0.05, 0) is 38.8 Å². The Morgan fingerprint density at radius 1 is 1.13 bits per heavy atom. The van der Waals surface area contributed by atoms with Crippen molar-refractivity contribution in [2.75, 3.05) is 0 Å². The maximum atomic E-state index is 5.44. The molecule has 0 N–H and O–H groups in total. The van der Waals surface area contributed by atoms with E-state index >= 15 is 0 Å². The number of hydrogen-bond acceptors (Lipinski definition) is 2. The van der Waals surface area contributed by atoms with Crippen LogP contribution in [-0.4, -0.2) is 5.71 Å². The molecule has 0 radical (unpaired) electrons. The molecule has 1 aliphatic rings. The molecule has 0 bridgehead atoms. The minimum atomic E-state index is 0.130. The third-order valence-electron chi connectivity index (χ3n) is 2.88. The molecule has 1 heterocycles. The second-order valence-corrected chi connectivity index (χ2v) is 4.44. The summed E-state index contributed by atoms with van der Waals surface area (Å²) >= 11 is 0. The molecule has 15 heavy (non-hydrogen) atoms. The Balaban J connectivity index is 2.37. The van der Waals surface area contributed by atoms with Crippen LogP contribution in [-0.2, 0) is 4.84 Å². The maximum Gasteiger partial charge on any atom is 0.158 e. The van der Waals surface area contributed by atoms with Crippen molar-refractivity contribution in [2.45, 2.75) is 40.2 Å². The molecule has 80 valence electrons. The van der Waals surface area contributed by atoms with E-state index in [9.17, 15) is 0 Å². The Morgan fingerprint density at radius 2 is 1.73 bits per heavy atom. The highest BCUT2D eigenvalue weighted by Crippen LogP contribution is 2.32. The Hall–Kier alpha value is -1.31. The van der Waals surface area contributed by atoms with Crippen LogP contribution in [0, 0.1) is 20.8 Å². The van der Waals surface area contributed by atoms with E-state index in [0.717, 1.165) is 12.1 Å². The molecular weight excluding hydrogens is 186 g/mol. The van der Waals surface area contributed by atoms with Gasteiger partial charge < -0.3 is 4.84 Å². The lowest BCUT2D eigenvalue weighted by Gasteiger charge is -2.15. The van der Waals surface area contributed by atoms with Gasteiger partial charge in [0.05, 0.1) is 5.71 Å². The van der Waals surface area contributed by atoms with E-state index in [0.29, 0.717) is 0 Å². The third kappa shape index (κ3) is 1.89. The second kappa shape index (κ2) is 3.69. The summed E-state index contributed by atoms with van der Waals surface area (Å²) in [6.45, 7) is 8.43. The molecule has 0 aliphatic carbocycles. The van der Waals surface area contributed by atoms with Crippen LogP contribution in [0.5, 0.6) is 0 Å². The zero-order valence-electron chi connectivity index (χ0n) is 9.79. The largest absolute Gasteiger partial charge is 0.387 e. The van der Waals surface area contributed by atoms with Crippen molar-refractivity contribution in [1.29, 1.82) is 0 Å². The predicted octanol–water partition coefficient (Wildman–Crippen LogP) is 3.45. The Morgan fingerprint density at radius 3 is 2.20 bits per heavy atom. The summed E-state index contributed by atoms with van der Waals surface area (Å²) in [5, 5.41) is 4.02. The summed E-state index contributed by atoms with van der Waals surface area (Å²) in [6, 6.07) is 4.42. The maximum absolute atomic E-state index is 5.44. The fraction of sp³-hybridized carbons (Fsp3) is 0.462. The first-order chi connectivity index (χ1) is 7.08. The minimum Gasteiger partial charge on any atom is -0.387 e.